The SMILES string of the molecule is C[C@H]1CCCC[NH+]1CCCNC(=O)COc1ccc(Br)cc1Cl. The van der Waals surface area contributed by atoms with Crippen molar-refractivity contribution >= 4 is 33.4 Å². The quantitative estimate of drug-likeness (QED) is 0.686. The maximum Gasteiger partial charge on any atom is 0.257 e. The number of ether oxygens (including phenoxy) is 1. The summed E-state index contributed by atoms with van der Waals surface area (Å²) in [6.07, 6.45) is 5.01. The molecule has 1 fully saturated rings. The van der Waals surface area contributed by atoms with Crippen molar-refractivity contribution in [1.29, 1.82) is 0 Å². The van der Waals surface area contributed by atoms with Gasteiger partial charge in [-0.3, -0.25) is 4.79 Å². The van der Waals surface area contributed by atoms with E-state index in [0.717, 1.165) is 23.5 Å². The van der Waals surface area contributed by atoms with Gasteiger partial charge < -0.3 is 15.0 Å². The van der Waals surface area contributed by atoms with Gasteiger partial charge in [-0.1, -0.05) is 27.5 Å². The third kappa shape index (κ3) is 6.32. The number of hydrogen-bond acceptors (Lipinski definition) is 2. The van der Waals surface area contributed by atoms with E-state index < -0.39 is 0 Å². The second kappa shape index (κ2) is 9.50. The molecule has 2 N–H and O–H groups in total. The minimum Gasteiger partial charge on any atom is -0.482 e. The molecule has 1 heterocycles. The van der Waals surface area contributed by atoms with Crippen molar-refractivity contribution in [2.45, 2.75) is 38.6 Å². The van der Waals surface area contributed by atoms with Crippen molar-refractivity contribution in [3.05, 3.63) is 27.7 Å². The molecule has 1 aliphatic rings. The fourth-order valence-electron chi connectivity index (χ4n) is 2.95. The molecule has 1 saturated heterocycles. The molecule has 2 rings (SSSR count). The van der Waals surface area contributed by atoms with Gasteiger partial charge in [0.2, 0.25) is 0 Å². The lowest BCUT2D eigenvalue weighted by molar-refractivity contribution is -0.928. The van der Waals surface area contributed by atoms with Gasteiger partial charge in [-0.25, -0.2) is 0 Å². The highest BCUT2D eigenvalue weighted by molar-refractivity contribution is 9.10. The van der Waals surface area contributed by atoms with E-state index >= 15 is 0 Å². The molecule has 0 saturated carbocycles. The summed E-state index contributed by atoms with van der Waals surface area (Å²) in [5.41, 5.74) is 0. The Labute approximate surface area is 151 Å². The molecule has 1 aromatic rings. The summed E-state index contributed by atoms with van der Waals surface area (Å²) in [6, 6.07) is 6.09. The number of rotatable bonds is 7. The lowest BCUT2D eigenvalue weighted by Crippen LogP contribution is -3.16. The molecular weight excluding hydrogens is 380 g/mol. The third-order valence-electron chi connectivity index (χ3n) is 4.33. The van der Waals surface area contributed by atoms with Crippen LogP contribution in [0.3, 0.4) is 0 Å². The van der Waals surface area contributed by atoms with Crippen molar-refractivity contribution in [3.8, 4) is 5.75 Å². The Balaban J connectivity index is 1.61. The van der Waals surface area contributed by atoms with Gasteiger partial charge in [0.05, 0.1) is 24.2 Å². The Morgan fingerprint density at radius 3 is 3.04 bits per heavy atom. The first-order valence-corrected chi connectivity index (χ1v) is 9.42. The monoisotopic (exact) mass is 403 g/mol. The highest BCUT2D eigenvalue weighted by Crippen LogP contribution is 2.27. The molecule has 2 atom stereocenters. The van der Waals surface area contributed by atoms with Gasteiger partial charge in [-0.15, -0.1) is 0 Å². The number of nitrogens with one attached hydrogen (secondary N) is 2. The van der Waals surface area contributed by atoms with Crippen LogP contribution in [0.5, 0.6) is 5.75 Å². The first-order chi connectivity index (χ1) is 11.1. The second-order valence-electron chi connectivity index (χ2n) is 6.12. The molecule has 1 aliphatic heterocycles. The van der Waals surface area contributed by atoms with Crippen LogP contribution in [0.25, 0.3) is 0 Å². The largest absolute Gasteiger partial charge is 0.482 e. The number of benzene rings is 1. The minimum atomic E-state index is -0.106. The van der Waals surface area contributed by atoms with Gasteiger partial charge in [-0.05, 0) is 44.4 Å². The summed E-state index contributed by atoms with van der Waals surface area (Å²) in [6.45, 7) is 5.41. The number of carbonyl (C=O) groups excluding carboxylic acids is 1. The van der Waals surface area contributed by atoms with Crippen LogP contribution in [-0.4, -0.2) is 38.2 Å². The summed E-state index contributed by atoms with van der Waals surface area (Å²) in [7, 11) is 0. The third-order valence-corrected chi connectivity index (χ3v) is 5.12. The van der Waals surface area contributed by atoms with Crippen molar-refractivity contribution < 1.29 is 14.4 Å². The molecular formula is C17H25BrClN2O2+. The smallest absolute Gasteiger partial charge is 0.257 e. The van der Waals surface area contributed by atoms with E-state index in [4.69, 9.17) is 16.3 Å². The lowest BCUT2D eigenvalue weighted by Gasteiger charge is -2.30. The van der Waals surface area contributed by atoms with E-state index in [-0.39, 0.29) is 12.5 Å². The van der Waals surface area contributed by atoms with Crippen LogP contribution >= 0.6 is 27.5 Å². The van der Waals surface area contributed by atoms with Crippen molar-refractivity contribution in [1.82, 2.24) is 5.32 Å². The van der Waals surface area contributed by atoms with E-state index in [2.05, 4.69) is 28.2 Å². The highest BCUT2D eigenvalue weighted by Gasteiger charge is 2.20. The molecule has 1 unspecified atom stereocenters. The van der Waals surface area contributed by atoms with Gasteiger partial charge in [0.25, 0.3) is 5.91 Å². The minimum absolute atomic E-state index is 0.00563. The zero-order chi connectivity index (χ0) is 16.7. The first kappa shape index (κ1) is 18.6. The molecule has 0 aromatic heterocycles. The molecule has 4 nitrogen and oxygen atoms in total. The van der Waals surface area contributed by atoms with E-state index in [1.165, 1.54) is 25.8 Å². The number of carbonyl (C=O) groups is 1. The predicted octanol–water partition coefficient (Wildman–Crippen LogP) is 2.44. The standard InChI is InChI=1S/C17H24BrClN2O2/c1-13-5-2-3-9-21(13)10-4-8-20-17(22)12-23-16-7-6-14(18)11-15(16)19/h6-7,11,13H,2-5,8-10,12H2,1H3,(H,20,22)/p+1/t13-/m0/s1. The number of amides is 1. The number of piperidine rings is 1. The fraction of sp³-hybridized carbons (Fsp3) is 0.588. The average Bonchev–Trinajstić information content (AvgIpc) is 2.52. The average molecular weight is 405 g/mol. The molecule has 0 bridgehead atoms. The highest BCUT2D eigenvalue weighted by atomic mass is 79.9. The molecule has 23 heavy (non-hydrogen) atoms. The summed E-state index contributed by atoms with van der Waals surface area (Å²) >= 11 is 9.38. The van der Waals surface area contributed by atoms with Crippen LogP contribution in [0.1, 0.15) is 32.6 Å². The Morgan fingerprint density at radius 1 is 1.48 bits per heavy atom. The number of halogens is 2. The normalized spacial score (nSPS) is 21.0. The van der Waals surface area contributed by atoms with Crippen LogP contribution in [0.15, 0.2) is 22.7 Å². The Bertz CT molecular complexity index is 527. The van der Waals surface area contributed by atoms with Crippen molar-refractivity contribution in [2.24, 2.45) is 0 Å². The van der Waals surface area contributed by atoms with Crippen molar-refractivity contribution in [3.63, 3.8) is 0 Å². The van der Waals surface area contributed by atoms with Gasteiger partial charge in [-0.2, -0.15) is 0 Å². The predicted molar refractivity (Wildman–Crippen MR) is 96.3 cm³/mol. The van der Waals surface area contributed by atoms with E-state index in [0.29, 0.717) is 17.3 Å². The lowest BCUT2D eigenvalue weighted by atomic mass is 10.0. The zero-order valence-corrected chi connectivity index (χ0v) is 15.9. The molecule has 0 aliphatic carbocycles. The summed E-state index contributed by atoms with van der Waals surface area (Å²) in [5.74, 6) is 0.419. The first-order valence-electron chi connectivity index (χ1n) is 8.25. The molecule has 0 spiro atoms. The Kier molecular flexibility index (Phi) is 7.66. The van der Waals surface area contributed by atoms with E-state index in [9.17, 15) is 4.79 Å². The Hall–Kier alpha value is -0.780. The van der Waals surface area contributed by atoms with Crippen LogP contribution in [0.2, 0.25) is 5.02 Å². The van der Waals surface area contributed by atoms with Crippen molar-refractivity contribution in [2.75, 3.05) is 26.2 Å². The maximum atomic E-state index is 11.8. The van der Waals surface area contributed by atoms with Crippen LogP contribution in [-0.2, 0) is 4.79 Å². The van der Waals surface area contributed by atoms with Gasteiger partial charge in [0.15, 0.2) is 6.61 Å². The van der Waals surface area contributed by atoms with Crippen LogP contribution in [0, 0.1) is 0 Å². The molecule has 1 amide bonds. The number of quaternary nitrogens is 1. The number of hydrogen-bond donors (Lipinski definition) is 2. The number of likely N-dealkylation sites (tertiary alicyclic amines) is 1. The van der Waals surface area contributed by atoms with Crippen LogP contribution in [0.4, 0.5) is 0 Å². The summed E-state index contributed by atoms with van der Waals surface area (Å²) in [4.78, 5) is 13.5. The zero-order valence-electron chi connectivity index (χ0n) is 13.5. The second-order valence-corrected chi connectivity index (χ2v) is 7.44. The summed E-state index contributed by atoms with van der Waals surface area (Å²) < 4.78 is 6.33. The maximum absolute atomic E-state index is 11.8. The van der Waals surface area contributed by atoms with E-state index in [1.807, 2.05) is 6.07 Å². The molecule has 128 valence electrons. The van der Waals surface area contributed by atoms with E-state index in [1.54, 1.807) is 17.0 Å². The fourth-order valence-corrected chi connectivity index (χ4v) is 3.68. The Morgan fingerprint density at radius 2 is 2.30 bits per heavy atom. The summed E-state index contributed by atoms with van der Waals surface area (Å²) in [5, 5.41) is 3.40. The topological polar surface area (TPSA) is 42.8 Å². The van der Waals surface area contributed by atoms with Gasteiger partial charge >= 0.3 is 0 Å². The molecule has 1 aromatic carbocycles. The van der Waals surface area contributed by atoms with Gasteiger partial charge in [0, 0.05) is 17.4 Å². The van der Waals surface area contributed by atoms with Crippen LogP contribution < -0.4 is 15.0 Å². The molecule has 0 radical (unpaired) electrons. The molecule has 6 heteroatoms. The van der Waals surface area contributed by atoms with Gasteiger partial charge in [0.1, 0.15) is 5.75 Å².